The summed E-state index contributed by atoms with van der Waals surface area (Å²) in [6.45, 7) is 2.91. The van der Waals surface area contributed by atoms with Crippen LogP contribution in [0.3, 0.4) is 0 Å². The van der Waals surface area contributed by atoms with Crippen LogP contribution < -0.4 is 5.32 Å². The zero-order valence-electron chi connectivity index (χ0n) is 12.1. The van der Waals surface area contributed by atoms with Gasteiger partial charge in [-0.1, -0.05) is 18.2 Å². The lowest BCUT2D eigenvalue weighted by molar-refractivity contribution is -0.129. The summed E-state index contributed by atoms with van der Waals surface area (Å²) in [5.41, 5.74) is 2.22. The highest BCUT2D eigenvalue weighted by atomic mass is 16.2. The predicted octanol–water partition coefficient (Wildman–Crippen LogP) is 1.92. The van der Waals surface area contributed by atoms with E-state index in [4.69, 9.17) is 0 Å². The fraction of sp³-hybridized carbons (Fsp3) is 0.471. The van der Waals surface area contributed by atoms with Crippen LogP contribution in [0.15, 0.2) is 30.5 Å². The van der Waals surface area contributed by atoms with Gasteiger partial charge in [-0.3, -0.25) is 4.79 Å². The van der Waals surface area contributed by atoms with Gasteiger partial charge < -0.3 is 15.2 Å². The van der Waals surface area contributed by atoms with Gasteiger partial charge in [-0.15, -0.1) is 0 Å². The van der Waals surface area contributed by atoms with E-state index in [0.29, 0.717) is 18.4 Å². The Labute approximate surface area is 124 Å². The molecule has 110 valence electrons. The summed E-state index contributed by atoms with van der Waals surface area (Å²) in [6.07, 6.45) is 4.98. The van der Waals surface area contributed by atoms with Crippen molar-refractivity contribution < 1.29 is 4.79 Å². The highest BCUT2D eigenvalue weighted by Gasteiger charge is 2.36. The molecule has 2 aliphatic rings. The number of aromatic nitrogens is 1. The molecule has 2 aromatic rings. The first-order valence-electron chi connectivity index (χ1n) is 7.87. The van der Waals surface area contributed by atoms with E-state index in [1.165, 1.54) is 18.2 Å². The normalized spacial score (nSPS) is 25.2. The Hall–Kier alpha value is -1.81. The van der Waals surface area contributed by atoms with Crippen molar-refractivity contribution in [3.63, 3.8) is 0 Å². The molecule has 0 aliphatic carbocycles. The Bertz CT molecular complexity index is 649. The molecule has 1 aromatic heterocycles. The number of hydrogen-bond acceptors (Lipinski definition) is 2. The van der Waals surface area contributed by atoms with Gasteiger partial charge in [0.1, 0.15) is 0 Å². The Kier molecular flexibility index (Phi) is 3.19. The Balaban J connectivity index is 1.48. The number of para-hydroxylation sites is 1. The third kappa shape index (κ3) is 2.33. The lowest BCUT2D eigenvalue weighted by atomic mass is 9.94. The average molecular weight is 283 g/mol. The molecule has 0 spiro atoms. The summed E-state index contributed by atoms with van der Waals surface area (Å²) >= 11 is 0. The molecule has 1 aromatic carbocycles. The fourth-order valence-electron chi connectivity index (χ4n) is 3.80. The first-order chi connectivity index (χ1) is 10.3. The molecule has 0 saturated carbocycles. The standard InChI is InChI=1S/C17H21N3O/c21-17(20-10-12-4-3-7-18-16(12)11-20)8-13-9-19-15-6-2-1-5-14(13)15/h1-2,5-6,9,12,16,18-19H,3-4,7-8,10-11H2/t12-,16+/m0/s1. The molecule has 4 nitrogen and oxygen atoms in total. The number of aromatic amines is 1. The van der Waals surface area contributed by atoms with Gasteiger partial charge in [0.2, 0.25) is 5.91 Å². The summed E-state index contributed by atoms with van der Waals surface area (Å²) in [6, 6.07) is 8.70. The second-order valence-electron chi connectivity index (χ2n) is 6.30. The van der Waals surface area contributed by atoms with E-state index in [1.54, 1.807) is 0 Å². The molecule has 0 bridgehead atoms. The summed E-state index contributed by atoms with van der Waals surface area (Å²) in [4.78, 5) is 17.9. The van der Waals surface area contributed by atoms with Crippen LogP contribution in [0, 0.1) is 5.92 Å². The van der Waals surface area contributed by atoms with E-state index in [-0.39, 0.29) is 5.91 Å². The molecule has 2 aliphatic heterocycles. The number of H-pyrrole nitrogens is 1. The molecule has 4 heteroatoms. The van der Waals surface area contributed by atoms with Gasteiger partial charge in [-0.2, -0.15) is 0 Å². The minimum absolute atomic E-state index is 0.260. The van der Waals surface area contributed by atoms with Crippen molar-refractivity contribution in [3.05, 3.63) is 36.0 Å². The van der Waals surface area contributed by atoms with Crippen molar-refractivity contribution in [3.8, 4) is 0 Å². The van der Waals surface area contributed by atoms with Gasteiger partial charge >= 0.3 is 0 Å². The molecule has 2 fully saturated rings. The number of benzene rings is 1. The highest BCUT2D eigenvalue weighted by molar-refractivity contribution is 5.89. The molecule has 21 heavy (non-hydrogen) atoms. The van der Waals surface area contributed by atoms with Crippen molar-refractivity contribution in [2.75, 3.05) is 19.6 Å². The zero-order valence-corrected chi connectivity index (χ0v) is 12.1. The van der Waals surface area contributed by atoms with Gasteiger partial charge in [0, 0.05) is 36.2 Å². The predicted molar refractivity (Wildman–Crippen MR) is 83.1 cm³/mol. The van der Waals surface area contributed by atoms with Crippen molar-refractivity contribution >= 4 is 16.8 Å². The SMILES string of the molecule is O=C(Cc1c[nH]c2ccccc12)N1C[C@@H]2CCCN[C@@H]2C1. The van der Waals surface area contributed by atoms with E-state index < -0.39 is 0 Å². The van der Waals surface area contributed by atoms with Gasteiger partial charge in [-0.05, 0) is 36.9 Å². The molecule has 2 N–H and O–H groups in total. The number of carbonyl (C=O) groups is 1. The monoisotopic (exact) mass is 283 g/mol. The van der Waals surface area contributed by atoms with E-state index in [1.807, 2.05) is 18.3 Å². The van der Waals surface area contributed by atoms with Crippen LogP contribution in [0.2, 0.25) is 0 Å². The number of hydrogen-bond donors (Lipinski definition) is 2. The third-order valence-corrected chi connectivity index (χ3v) is 4.97. The van der Waals surface area contributed by atoms with E-state index in [2.05, 4.69) is 27.3 Å². The van der Waals surface area contributed by atoms with E-state index in [0.717, 1.165) is 30.7 Å². The average Bonchev–Trinajstić information content (AvgIpc) is 3.11. The first-order valence-corrected chi connectivity index (χ1v) is 7.87. The maximum absolute atomic E-state index is 12.6. The summed E-state index contributed by atoms with van der Waals surface area (Å²) in [5.74, 6) is 0.918. The number of likely N-dealkylation sites (tertiary alicyclic amines) is 1. The lowest BCUT2D eigenvalue weighted by Crippen LogP contribution is -2.41. The van der Waals surface area contributed by atoms with Crippen molar-refractivity contribution in [2.45, 2.75) is 25.3 Å². The number of carbonyl (C=O) groups excluding carboxylic acids is 1. The Morgan fingerprint density at radius 3 is 3.10 bits per heavy atom. The topological polar surface area (TPSA) is 48.1 Å². The van der Waals surface area contributed by atoms with Crippen LogP contribution in [-0.2, 0) is 11.2 Å². The van der Waals surface area contributed by atoms with Crippen LogP contribution in [0.1, 0.15) is 18.4 Å². The molecule has 2 saturated heterocycles. The van der Waals surface area contributed by atoms with Gasteiger partial charge in [0.15, 0.2) is 0 Å². The lowest BCUT2D eigenvalue weighted by Gasteiger charge is -2.24. The van der Waals surface area contributed by atoms with Gasteiger partial charge in [-0.25, -0.2) is 0 Å². The van der Waals surface area contributed by atoms with E-state index in [9.17, 15) is 4.79 Å². The number of amides is 1. The molecule has 2 atom stereocenters. The summed E-state index contributed by atoms with van der Waals surface area (Å²) < 4.78 is 0. The second-order valence-corrected chi connectivity index (χ2v) is 6.30. The van der Waals surface area contributed by atoms with E-state index >= 15 is 0 Å². The summed E-state index contributed by atoms with van der Waals surface area (Å²) in [7, 11) is 0. The second kappa shape index (κ2) is 5.19. The number of nitrogens with one attached hydrogen (secondary N) is 2. The number of piperidine rings is 1. The minimum atomic E-state index is 0.260. The molecule has 3 heterocycles. The van der Waals surface area contributed by atoms with Gasteiger partial charge in [0.25, 0.3) is 0 Å². The molecule has 0 radical (unpaired) electrons. The third-order valence-electron chi connectivity index (χ3n) is 4.97. The number of fused-ring (bicyclic) bond motifs is 2. The molecule has 4 rings (SSSR count). The number of rotatable bonds is 2. The maximum Gasteiger partial charge on any atom is 0.227 e. The van der Waals surface area contributed by atoms with Crippen LogP contribution in [0.4, 0.5) is 0 Å². The van der Waals surface area contributed by atoms with Crippen molar-refractivity contribution in [1.29, 1.82) is 0 Å². The highest BCUT2D eigenvalue weighted by Crippen LogP contribution is 2.26. The van der Waals surface area contributed by atoms with Crippen molar-refractivity contribution in [2.24, 2.45) is 5.92 Å². The zero-order chi connectivity index (χ0) is 14.2. The molecule has 1 amide bonds. The summed E-state index contributed by atoms with van der Waals surface area (Å²) in [5, 5.41) is 4.72. The minimum Gasteiger partial charge on any atom is -0.361 e. The Morgan fingerprint density at radius 2 is 2.19 bits per heavy atom. The Morgan fingerprint density at radius 1 is 1.29 bits per heavy atom. The van der Waals surface area contributed by atoms with Gasteiger partial charge in [0.05, 0.1) is 6.42 Å². The van der Waals surface area contributed by atoms with Crippen molar-refractivity contribution in [1.82, 2.24) is 15.2 Å². The smallest absolute Gasteiger partial charge is 0.227 e. The first kappa shape index (κ1) is 12.9. The van der Waals surface area contributed by atoms with Crippen LogP contribution in [0.25, 0.3) is 10.9 Å². The fourth-order valence-corrected chi connectivity index (χ4v) is 3.80. The molecule has 0 unspecified atom stereocenters. The van der Waals surface area contributed by atoms with Crippen LogP contribution >= 0.6 is 0 Å². The van der Waals surface area contributed by atoms with Crippen LogP contribution in [0.5, 0.6) is 0 Å². The molecular formula is C17H21N3O. The molecular weight excluding hydrogens is 262 g/mol. The quantitative estimate of drug-likeness (QED) is 0.884. The van der Waals surface area contributed by atoms with Crippen LogP contribution in [-0.4, -0.2) is 41.5 Å². The number of nitrogens with zero attached hydrogens (tertiary/aromatic N) is 1. The largest absolute Gasteiger partial charge is 0.361 e. The maximum atomic E-state index is 12.6.